The second-order valence-corrected chi connectivity index (χ2v) is 6.07. The molecule has 1 saturated heterocycles. The molecule has 0 unspecified atom stereocenters. The minimum atomic E-state index is -0.204. The summed E-state index contributed by atoms with van der Waals surface area (Å²) < 4.78 is 7.20. The lowest BCUT2D eigenvalue weighted by Crippen LogP contribution is -2.38. The molecule has 0 bridgehead atoms. The highest BCUT2D eigenvalue weighted by Gasteiger charge is 2.30. The molecule has 2 aromatic rings. The summed E-state index contributed by atoms with van der Waals surface area (Å²) >= 11 is 0. The number of amides is 2. The van der Waals surface area contributed by atoms with Gasteiger partial charge in [-0.05, 0) is 37.1 Å². The van der Waals surface area contributed by atoms with Gasteiger partial charge in [0.1, 0.15) is 5.75 Å². The van der Waals surface area contributed by atoms with Gasteiger partial charge in [-0.1, -0.05) is 0 Å². The number of carbonyl (C=O) groups excluding carboxylic acids is 2. The number of hydrogen-bond acceptors (Lipinski definition) is 4. The Bertz CT molecular complexity index is 772. The Morgan fingerprint density at radius 3 is 3.17 bits per heavy atom. The number of aromatic nitrogens is 2. The second kappa shape index (κ2) is 5.99. The van der Waals surface area contributed by atoms with Crippen molar-refractivity contribution in [3.8, 4) is 5.75 Å². The first-order valence-corrected chi connectivity index (χ1v) is 8.06. The van der Waals surface area contributed by atoms with Gasteiger partial charge in [0, 0.05) is 24.5 Å². The summed E-state index contributed by atoms with van der Waals surface area (Å²) in [6.07, 6.45) is 5.61. The fraction of sp³-hybridized carbons (Fsp3) is 0.353. The van der Waals surface area contributed by atoms with Gasteiger partial charge in [0.2, 0.25) is 0 Å². The largest absolute Gasteiger partial charge is 0.482 e. The Morgan fingerprint density at radius 1 is 1.42 bits per heavy atom. The standard InChI is InChI=1S/C17H18N4O3/c22-16-11-24-15-5-4-12(9-14(15)19-16)17(23)21-8-1-3-13(21)10-20-7-2-6-18-20/h2,4-7,9,13H,1,3,8,10-11H2,(H,19,22)/t13-/m0/s1. The van der Waals surface area contributed by atoms with E-state index in [1.54, 1.807) is 24.4 Å². The van der Waals surface area contributed by atoms with E-state index >= 15 is 0 Å². The third kappa shape index (κ3) is 2.73. The Kier molecular flexibility index (Phi) is 3.68. The number of hydrogen-bond donors (Lipinski definition) is 1. The maximum absolute atomic E-state index is 12.9. The van der Waals surface area contributed by atoms with Crippen molar-refractivity contribution < 1.29 is 14.3 Å². The highest BCUT2D eigenvalue weighted by molar-refractivity contribution is 6.00. The van der Waals surface area contributed by atoms with Crippen molar-refractivity contribution in [1.82, 2.24) is 14.7 Å². The number of carbonyl (C=O) groups is 2. The van der Waals surface area contributed by atoms with E-state index in [4.69, 9.17) is 4.74 Å². The molecule has 0 spiro atoms. The molecule has 124 valence electrons. The Hall–Kier alpha value is -2.83. The van der Waals surface area contributed by atoms with Crippen molar-refractivity contribution in [3.63, 3.8) is 0 Å². The lowest BCUT2D eigenvalue weighted by Gasteiger charge is -2.25. The summed E-state index contributed by atoms with van der Waals surface area (Å²) in [5.74, 6) is 0.373. The van der Waals surface area contributed by atoms with Crippen molar-refractivity contribution >= 4 is 17.5 Å². The molecule has 1 aromatic carbocycles. The highest BCUT2D eigenvalue weighted by atomic mass is 16.5. The summed E-state index contributed by atoms with van der Waals surface area (Å²) in [7, 11) is 0. The molecule has 2 aliphatic heterocycles. The van der Waals surface area contributed by atoms with Gasteiger partial charge in [0.25, 0.3) is 11.8 Å². The molecule has 1 N–H and O–H groups in total. The van der Waals surface area contributed by atoms with Crippen LogP contribution in [0.25, 0.3) is 0 Å². The molecule has 2 amide bonds. The molecule has 3 heterocycles. The van der Waals surface area contributed by atoms with Crippen LogP contribution in [0.4, 0.5) is 5.69 Å². The molecular formula is C17H18N4O3. The van der Waals surface area contributed by atoms with Crippen LogP contribution in [0, 0.1) is 0 Å². The highest BCUT2D eigenvalue weighted by Crippen LogP contribution is 2.30. The Morgan fingerprint density at radius 2 is 2.33 bits per heavy atom. The number of anilines is 1. The van der Waals surface area contributed by atoms with Gasteiger partial charge in [-0.25, -0.2) is 0 Å². The van der Waals surface area contributed by atoms with Crippen LogP contribution >= 0.6 is 0 Å². The number of rotatable bonds is 3. The van der Waals surface area contributed by atoms with Crippen molar-refractivity contribution in [2.45, 2.75) is 25.4 Å². The van der Waals surface area contributed by atoms with Crippen LogP contribution in [0.1, 0.15) is 23.2 Å². The maximum Gasteiger partial charge on any atom is 0.262 e. The van der Waals surface area contributed by atoms with Gasteiger partial charge in [-0.3, -0.25) is 14.3 Å². The van der Waals surface area contributed by atoms with Crippen LogP contribution in [0.5, 0.6) is 5.75 Å². The first kappa shape index (κ1) is 14.7. The molecule has 2 aliphatic rings. The van der Waals surface area contributed by atoms with Gasteiger partial charge >= 0.3 is 0 Å². The molecule has 0 aliphatic carbocycles. The van der Waals surface area contributed by atoms with E-state index in [1.807, 2.05) is 21.8 Å². The Labute approximate surface area is 139 Å². The van der Waals surface area contributed by atoms with Crippen molar-refractivity contribution in [3.05, 3.63) is 42.2 Å². The lowest BCUT2D eigenvalue weighted by atomic mass is 10.1. The minimum Gasteiger partial charge on any atom is -0.482 e. The van der Waals surface area contributed by atoms with Crippen LogP contribution < -0.4 is 10.1 Å². The Balaban J connectivity index is 1.54. The molecule has 0 saturated carbocycles. The second-order valence-electron chi connectivity index (χ2n) is 6.07. The number of likely N-dealkylation sites (tertiary alicyclic amines) is 1. The number of ether oxygens (including phenoxy) is 1. The van der Waals surface area contributed by atoms with Crippen LogP contribution in [0.2, 0.25) is 0 Å². The average molecular weight is 326 g/mol. The van der Waals surface area contributed by atoms with Crippen molar-refractivity contribution in [1.29, 1.82) is 0 Å². The maximum atomic E-state index is 12.9. The van der Waals surface area contributed by atoms with Gasteiger partial charge in [-0.2, -0.15) is 5.10 Å². The van der Waals surface area contributed by atoms with Crippen LogP contribution in [-0.4, -0.2) is 45.7 Å². The number of benzene rings is 1. The summed E-state index contributed by atoms with van der Waals surface area (Å²) in [6, 6.07) is 7.20. The monoisotopic (exact) mass is 326 g/mol. The zero-order valence-electron chi connectivity index (χ0n) is 13.1. The predicted molar refractivity (Wildman–Crippen MR) is 86.9 cm³/mol. The fourth-order valence-electron chi connectivity index (χ4n) is 3.30. The van der Waals surface area contributed by atoms with Crippen LogP contribution in [-0.2, 0) is 11.3 Å². The normalized spacial score (nSPS) is 19.6. The van der Waals surface area contributed by atoms with Crippen molar-refractivity contribution in [2.75, 3.05) is 18.5 Å². The lowest BCUT2D eigenvalue weighted by molar-refractivity contribution is -0.118. The zero-order valence-corrected chi connectivity index (χ0v) is 13.1. The van der Waals surface area contributed by atoms with Gasteiger partial charge < -0.3 is 15.0 Å². The summed E-state index contributed by atoms with van der Waals surface area (Å²) in [5.41, 5.74) is 1.12. The molecule has 1 fully saturated rings. The van der Waals surface area contributed by atoms with Gasteiger partial charge in [0.05, 0.1) is 18.3 Å². The van der Waals surface area contributed by atoms with Gasteiger partial charge in [-0.15, -0.1) is 0 Å². The number of fused-ring (bicyclic) bond motifs is 1. The molecule has 7 nitrogen and oxygen atoms in total. The molecule has 0 radical (unpaired) electrons. The van der Waals surface area contributed by atoms with E-state index in [0.717, 1.165) is 19.4 Å². The molecule has 7 heteroatoms. The van der Waals surface area contributed by atoms with Crippen LogP contribution in [0.3, 0.4) is 0 Å². The van der Waals surface area contributed by atoms with Gasteiger partial charge in [0.15, 0.2) is 6.61 Å². The SMILES string of the molecule is O=C1COc2ccc(C(=O)N3CCC[C@H]3Cn3cccn3)cc2N1. The quantitative estimate of drug-likeness (QED) is 0.928. The average Bonchev–Trinajstić information content (AvgIpc) is 3.26. The van der Waals surface area contributed by atoms with E-state index in [-0.39, 0.29) is 24.5 Å². The number of nitrogens with zero attached hydrogens (tertiary/aromatic N) is 3. The van der Waals surface area contributed by atoms with Crippen molar-refractivity contribution in [2.24, 2.45) is 0 Å². The topological polar surface area (TPSA) is 76.5 Å². The van der Waals surface area contributed by atoms with E-state index in [0.29, 0.717) is 23.5 Å². The third-order valence-corrected chi connectivity index (χ3v) is 4.45. The summed E-state index contributed by atoms with van der Waals surface area (Å²) in [5, 5.41) is 6.97. The third-order valence-electron chi connectivity index (χ3n) is 4.45. The van der Waals surface area contributed by atoms with Crippen LogP contribution in [0.15, 0.2) is 36.7 Å². The molecular weight excluding hydrogens is 308 g/mol. The summed E-state index contributed by atoms with van der Waals surface area (Å²) in [6.45, 7) is 1.45. The smallest absolute Gasteiger partial charge is 0.262 e. The molecule has 4 rings (SSSR count). The fourth-order valence-corrected chi connectivity index (χ4v) is 3.30. The molecule has 1 atom stereocenters. The number of nitrogens with one attached hydrogen (secondary N) is 1. The summed E-state index contributed by atoms with van der Waals surface area (Å²) in [4.78, 5) is 26.2. The first-order valence-electron chi connectivity index (χ1n) is 8.06. The van der Waals surface area contributed by atoms with E-state index in [2.05, 4.69) is 10.4 Å². The van der Waals surface area contributed by atoms with E-state index in [1.165, 1.54) is 0 Å². The molecule has 1 aromatic heterocycles. The predicted octanol–water partition coefficient (Wildman–Crippen LogP) is 1.52. The van der Waals surface area contributed by atoms with E-state index < -0.39 is 0 Å². The zero-order chi connectivity index (χ0) is 16.5. The van der Waals surface area contributed by atoms with E-state index in [9.17, 15) is 9.59 Å². The molecule has 24 heavy (non-hydrogen) atoms. The minimum absolute atomic E-state index is 0.0123. The first-order chi connectivity index (χ1) is 11.7.